The lowest BCUT2D eigenvalue weighted by Gasteiger charge is -2.13. The summed E-state index contributed by atoms with van der Waals surface area (Å²) in [5.41, 5.74) is 6.85. The molecule has 0 saturated heterocycles. The fraction of sp³-hybridized carbons (Fsp3) is 0.538. The summed E-state index contributed by atoms with van der Waals surface area (Å²) in [6.45, 7) is 2.09. The third kappa shape index (κ3) is 2.53. The van der Waals surface area contributed by atoms with E-state index in [1.807, 2.05) is 0 Å². The van der Waals surface area contributed by atoms with E-state index in [4.69, 9.17) is 10.5 Å². The van der Waals surface area contributed by atoms with E-state index in [0.29, 0.717) is 0 Å². The van der Waals surface area contributed by atoms with E-state index in [1.54, 1.807) is 12.1 Å². The molecule has 1 aliphatic rings. The van der Waals surface area contributed by atoms with E-state index in [-0.39, 0.29) is 18.0 Å². The summed E-state index contributed by atoms with van der Waals surface area (Å²) in [5, 5.41) is 0. The first-order chi connectivity index (χ1) is 7.69. The van der Waals surface area contributed by atoms with Crippen molar-refractivity contribution in [3.8, 4) is 5.75 Å². The van der Waals surface area contributed by atoms with Crippen LogP contribution in [0.1, 0.15) is 31.7 Å². The summed E-state index contributed by atoms with van der Waals surface area (Å²) in [4.78, 5) is 0. The number of hydrogen-bond acceptors (Lipinski definition) is 2. The van der Waals surface area contributed by atoms with Crippen LogP contribution in [-0.4, -0.2) is 12.1 Å². The van der Waals surface area contributed by atoms with Crippen LogP contribution >= 0.6 is 0 Å². The standard InChI is InChI=1S/C13H18FNO/c1-2-11(15)4-5-12-8-9-7-10(14)3-6-13(9)16-12/h3,6-7,11-12H,2,4-5,8,15H2,1H3. The Labute approximate surface area is 95.6 Å². The van der Waals surface area contributed by atoms with E-state index < -0.39 is 0 Å². The lowest BCUT2D eigenvalue weighted by Crippen LogP contribution is -2.22. The number of ether oxygens (including phenoxy) is 1. The molecule has 0 radical (unpaired) electrons. The second kappa shape index (κ2) is 4.83. The van der Waals surface area contributed by atoms with Crippen LogP contribution in [0.25, 0.3) is 0 Å². The van der Waals surface area contributed by atoms with Crippen molar-refractivity contribution in [2.45, 2.75) is 44.8 Å². The summed E-state index contributed by atoms with van der Waals surface area (Å²) in [6, 6.07) is 4.97. The molecule has 1 heterocycles. The molecule has 88 valence electrons. The van der Waals surface area contributed by atoms with Crippen LogP contribution in [-0.2, 0) is 6.42 Å². The number of hydrogen-bond donors (Lipinski definition) is 1. The maximum absolute atomic E-state index is 13.0. The summed E-state index contributed by atoms with van der Waals surface area (Å²) >= 11 is 0. The van der Waals surface area contributed by atoms with Gasteiger partial charge in [0.15, 0.2) is 0 Å². The lowest BCUT2D eigenvalue weighted by molar-refractivity contribution is 0.213. The average molecular weight is 223 g/mol. The normalized spacial score (nSPS) is 20.3. The molecule has 1 aliphatic heterocycles. The molecule has 0 saturated carbocycles. The van der Waals surface area contributed by atoms with E-state index in [0.717, 1.165) is 37.0 Å². The zero-order valence-electron chi connectivity index (χ0n) is 9.58. The molecule has 2 rings (SSSR count). The van der Waals surface area contributed by atoms with Crippen molar-refractivity contribution in [3.05, 3.63) is 29.6 Å². The predicted octanol–water partition coefficient (Wildman–Crippen LogP) is 2.65. The molecule has 2 atom stereocenters. The fourth-order valence-electron chi connectivity index (χ4n) is 2.05. The molecule has 0 spiro atoms. The van der Waals surface area contributed by atoms with Crippen LogP contribution in [0.2, 0.25) is 0 Å². The van der Waals surface area contributed by atoms with Gasteiger partial charge in [0.2, 0.25) is 0 Å². The quantitative estimate of drug-likeness (QED) is 0.851. The molecular formula is C13H18FNO. The average Bonchev–Trinajstić information content (AvgIpc) is 2.67. The highest BCUT2D eigenvalue weighted by molar-refractivity contribution is 5.37. The summed E-state index contributed by atoms with van der Waals surface area (Å²) in [6.07, 6.45) is 3.90. The molecule has 0 amide bonds. The minimum absolute atomic E-state index is 0.175. The first-order valence-corrected chi connectivity index (χ1v) is 5.89. The van der Waals surface area contributed by atoms with Crippen molar-refractivity contribution in [1.29, 1.82) is 0 Å². The summed E-state index contributed by atoms with van der Waals surface area (Å²) < 4.78 is 18.7. The molecule has 1 aromatic rings. The minimum Gasteiger partial charge on any atom is -0.490 e. The van der Waals surface area contributed by atoms with Gasteiger partial charge in [0.1, 0.15) is 17.7 Å². The van der Waals surface area contributed by atoms with Gasteiger partial charge in [-0.15, -0.1) is 0 Å². The van der Waals surface area contributed by atoms with Crippen LogP contribution in [0.15, 0.2) is 18.2 Å². The molecule has 1 aromatic carbocycles. The first kappa shape index (κ1) is 11.4. The van der Waals surface area contributed by atoms with Crippen molar-refractivity contribution in [1.82, 2.24) is 0 Å². The van der Waals surface area contributed by atoms with Crippen LogP contribution in [0, 0.1) is 5.82 Å². The van der Waals surface area contributed by atoms with Crippen LogP contribution in [0.5, 0.6) is 5.75 Å². The Bertz CT molecular complexity index is 367. The number of rotatable bonds is 4. The van der Waals surface area contributed by atoms with Gasteiger partial charge in [0.25, 0.3) is 0 Å². The van der Waals surface area contributed by atoms with Crippen LogP contribution in [0.4, 0.5) is 4.39 Å². The van der Waals surface area contributed by atoms with Gasteiger partial charge in [0, 0.05) is 18.0 Å². The van der Waals surface area contributed by atoms with E-state index >= 15 is 0 Å². The second-order valence-electron chi connectivity index (χ2n) is 4.44. The van der Waals surface area contributed by atoms with Gasteiger partial charge < -0.3 is 10.5 Å². The molecule has 0 aromatic heterocycles. The molecular weight excluding hydrogens is 205 g/mol. The van der Waals surface area contributed by atoms with E-state index in [2.05, 4.69) is 6.92 Å². The van der Waals surface area contributed by atoms with Crippen molar-refractivity contribution in [2.75, 3.05) is 0 Å². The van der Waals surface area contributed by atoms with Gasteiger partial charge in [-0.25, -0.2) is 4.39 Å². The van der Waals surface area contributed by atoms with E-state index in [9.17, 15) is 4.39 Å². The molecule has 0 aliphatic carbocycles. The smallest absolute Gasteiger partial charge is 0.123 e. The number of nitrogens with two attached hydrogens (primary N) is 1. The predicted molar refractivity (Wildman–Crippen MR) is 62.0 cm³/mol. The van der Waals surface area contributed by atoms with Gasteiger partial charge in [-0.05, 0) is 37.5 Å². The van der Waals surface area contributed by atoms with Gasteiger partial charge >= 0.3 is 0 Å². The fourth-order valence-corrected chi connectivity index (χ4v) is 2.05. The van der Waals surface area contributed by atoms with Crippen molar-refractivity contribution in [2.24, 2.45) is 5.73 Å². The maximum Gasteiger partial charge on any atom is 0.123 e. The molecule has 0 bridgehead atoms. The largest absolute Gasteiger partial charge is 0.490 e. The monoisotopic (exact) mass is 223 g/mol. The highest BCUT2D eigenvalue weighted by atomic mass is 19.1. The Morgan fingerprint density at radius 2 is 2.38 bits per heavy atom. The van der Waals surface area contributed by atoms with Gasteiger partial charge in [-0.2, -0.15) is 0 Å². The molecule has 3 heteroatoms. The van der Waals surface area contributed by atoms with Gasteiger partial charge in [-0.3, -0.25) is 0 Å². The van der Waals surface area contributed by atoms with E-state index in [1.165, 1.54) is 6.07 Å². The molecule has 2 nitrogen and oxygen atoms in total. The second-order valence-corrected chi connectivity index (χ2v) is 4.44. The van der Waals surface area contributed by atoms with Crippen LogP contribution < -0.4 is 10.5 Å². The molecule has 2 N–H and O–H groups in total. The summed E-state index contributed by atoms with van der Waals surface area (Å²) in [5.74, 6) is 0.643. The zero-order chi connectivity index (χ0) is 11.5. The van der Waals surface area contributed by atoms with Crippen LogP contribution in [0.3, 0.4) is 0 Å². The van der Waals surface area contributed by atoms with Crippen molar-refractivity contribution >= 4 is 0 Å². The Morgan fingerprint density at radius 3 is 3.12 bits per heavy atom. The Balaban J connectivity index is 1.90. The topological polar surface area (TPSA) is 35.2 Å². The Morgan fingerprint density at radius 1 is 1.56 bits per heavy atom. The summed E-state index contributed by atoms with van der Waals surface area (Å²) in [7, 11) is 0. The highest BCUT2D eigenvalue weighted by Crippen LogP contribution is 2.31. The minimum atomic E-state index is -0.187. The SMILES string of the molecule is CCC(N)CCC1Cc2cc(F)ccc2O1. The van der Waals surface area contributed by atoms with Gasteiger partial charge in [-0.1, -0.05) is 6.92 Å². The molecule has 2 unspecified atom stereocenters. The third-order valence-corrected chi connectivity index (χ3v) is 3.15. The number of halogens is 1. The van der Waals surface area contributed by atoms with Crippen molar-refractivity contribution < 1.29 is 9.13 Å². The number of benzene rings is 1. The first-order valence-electron chi connectivity index (χ1n) is 5.89. The Hall–Kier alpha value is -1.09. The Kier molecular flexibility index (Phi) is 3.44. The lowest BCUT2D eigenvalue weighted by atomic mass is 10.0. The third-order valence-electron chi connectivity index (χ3n) is 3.15. The highest BCUT2D eigenvalue weighted by Gasteiger charge is 2.23. The maximum atomic E-state index is 13.0. The molecule has 0 fully saturated rings. The van der Waals surface area contributed by atoms with Crippen molar-refractivity contribution in [3.63, 3.8) is 0 Å². The molecule has 16 heavy (non-hydrogen) atoms. The zero-order valence-corrected chi connectivity index (χ0v) is 9.58. The number of fused-ring (bicyclic) bond motifs is 1. The van der Waals surface area contributed by atoms with Gasteiger partial charge in [0.05, 0.1) is 0 Å².